The number of benzene rings is 1. The number of aliphatic hydroxyl groups excluding tert-OH is 1. The van der Waals surface area contributed by atoms with E-state index in [0.29, 0.717) is 12.8 Å². The highest BCUT2D eigenvalue weighted by atomic mass is 32.2. The number of aliphatic hydroxyl groups is 2. The van der Waals surface area contributed by atoms with Crippen LogP contribution in [0.5, 0.6) is 0 Å². The van der Waals surface area contributed by atoms with Crippen molar-refractivity contribution in [1.29, 1.82) is 0 Å². The molecule has 1 fully saturated rings. The van der Waals surface area contributed by atoms with E-state index in [2.05, 4.69) is 0 Å². The Kier molecular flexibility index (Phi) is 6.57. The number of rotatable bonds is 7. The summed E-state index contributed by atoms with van der Waals surface area (Å²) >= 11 is 0. The first kappa shape index (κ1) is 19.1. The zero-order chi connectivity index (χ0) is 17.6. The maximum absolute atomic E-state index is 13.0. The van der Waals surface area contributed by atoms with Gasteiger partial charge in [-0.2, -0.15) is 4.31 Å². The molecular weight excluding hydrogens is 326 g/mol. The maximum Gasteiger partial charge on any atom is 0.243 e. The average Bonchev–Trinajstić information content (AvgIpc) is 2.55. The largest absolute Gasteiger partial charge is 0.392 e. The summed E-state index contributed by atoms with van der Waals surface area (Å²) in [6, 6.07) is 6.73. The lowest BCUT2D eigenvalue weighted by molar-refractivity contribution is -0.00906. The van der Waals surface area contributed by atoms with Crippen molar-refractivity contribution in [3.63, 3.8) is 0 Å². The second kappa shape index (κ2) is 8.25. The van der Waals surface area contributed by atoms with Gasteiger partial charge in [0.25, 0.3) is 0 Å². The van der Waals surface area contributed by atoms with Crippen molar-refractivity contribution >= 4 is 10.0 Å². The molecule has 0 aromatic heterocycles. The lowest BCUT2D eigenvalue weighted by Crippen LogP contribution is -2.46. The summed E-state index contributed by atoms with van der Waals surface area (Å²) in [5.41, 5.74) is 0.0230. The molecule has 1 aliphatic carbocycles. The third-order valence-electron chi connectivity index (χ3n) is 4.49. The van der Waals surface area contributed by atoms with Crippen LogP contribution >= 0.6 is 0 Å². The quantitative estimate of drug-likeness (QED) is 0.737. The van der Waals surface area contributed by atoms with E-state index in [0.717, 1.165) is 24.8 Å². The van der Waals surface area contributed by atoms with Crippen molar-refractivity contribution in [3.8, 4) is 0 Å². The van der Waals surface area contributed by atoms with Crippen LogP contribution in [0.4, 0.5) is 0 Å². The Morgan fingerprint density at radius 3 is 2.33 bits per heavy atom. The summed E-state index contributed by atoms with van der Waals surface area (Å²) in [6.07, 6.45) is 7.30. The molecule has 0 unspecified atom stereocenters. The highest BCUT2D eigenvalue weighted by Gasteiger charge is 2.35. The van der Waals surface area contributed by atoms with E-state index >= 15 is 0 Å². The van der Waals surface area contributed by atoms with Gasteiger partial charge < -0.3 is 10.2 Å². The Morgan fingerprint density at radius 1 is 1.12 bits per heavy atom. The predicted molar refractivity (Wildman–Crippen MR) is 94.2 cm³/mol. The molecule has 1 saturated carbocycles. The molecule has 5 nitrogen and oxygen atoms in total. The van der Waals surface area contributed by atoms with Crippen molar-refractivity contribution in [2.24, 2.45) is 0 Å². The normalized spacial score (nSPS) is 18.3. The summed E-state index contributed by atoms with van der Waals surface area (Å²) in [6.45, 7) is 1.99. The van der Waals surface area contributed by atoms with Gasteiger partial charge in [0.05, 0.1) is 17.1 Å². The summed E-state index contributed by atoms with van der Waals surface area (Å²) in [4.78, 5) is 0.227. The lowest BCUT2D eigenvalue weighted by atomic mass is 9.85. The number of nitrogens with zero attached hydrogens (tertiary/aromatic N) is 1. The molecule has 0 spiro atoms. The first-order chi connectivity index (χ1) is 11.4. The first-order valence-corrected chi connectivity index (χ1v) is 9.86. The van der Waals surface area contributed by atoms with E-state index < -0.39 is 15.6 Å². The standard InChI is InChI=1S/C18H27NO4S/c1-16-7-9-17(10-8-16)24(22,23)19(13-5-6-14-20)15-18(21)11-3-2-4-12-18/h5-10,20-21H,2-4,11-15H2,1H3/b6-5-. The predicted octanol–water partition coefficient (Wildman–Crippen LogP) is 2.23. The molecule has 0 radical (unpaired) electrons. The van der Waals surface area contributed by atoms with E-state index in [1.54, 1.807) is 30.3 Å². The molecule has 0 atom stereocenters. The maximum atomic E-state index is 13.0. The Hall–Kier alpha value is -1.21. The Labute approximate surface area is 144 Å². The number of aryl methyl sites for hydroxylation is 1. The molecule has 0 saturated heterocycles. The van der Waals surface area contributed by atoms with E-state index in [-0.39, 0.29) is 24.6 Å². The minimum Gasteiger partial charge on any atom is -0.392 e. The van der Waals surface area contributed by atoms with Gasteiger partial charge in [-0.1, -0.05) is 49.1 Å². The fourth-order valence-corrected chi connectivity index (χ4v) is 4.54. The monoisotopic (exact) mass is 353 g/mol. The van der Waals surface area contributed by atoms with Crippen LogP contribution in [0.15, 0.2) is 41.3 Å². The first-order valence-electron chi connectivity index (χ1n) is 8.42. The van der Waals surface area contributed by atoms with Gasteiger partial charge in [0, 0.05) is 13.1 Å². The SMILES string of the molecule is Cc1ccc(S(=O)(=O)N(C/C=C\CO)CC2(O)CCCCC2)cc1. The topological polar surface area (TPSA) is 77.8 Å². The minimum atomic E-state index is -3.70. The van der Waals surface area contributed by atoms with E-state index in [1.807, 2.05) is 6.92 Å². The average molecular weight is 353 g/mol. The van der Waals surface area contributed by atoms with Crippen molar-refractivity contribution in [1.82, 2.24) is 4.31 Å². The van der Waals surface area contributed by atoms with E-state index in [4.69, 9.17) is 5.11 Å². The highest BCUT2D eigenvalue weighted by Crippen LogP contribution is 2.30. The fourth-order valence-electron chi connectivity index (χ4n) is 3.07. The summed E-state index contributed by atoms with van der Waals surface area (Å²) < 4.78 is 27.3. The van der Waals surface area contributed by atoms with Gasteiger partial charge >= 0.3 is 0 Å². The van der Waals surface area contributed by atoms with Crippen LogP contribution in [-0.2, 0) is 10.0 Å². The second-order valence-corrected chi connectivity index (χ2v) is 8.49. The van der Waals surface area contributed by atoms with Gasteiger partial charge in [0.1, 0.15) is 0 Å². The van der Waals surface area contributed by atoms with Gasteiger partial charge in [-0.05, 0) is 31.9 Å². The molecule has 0 heterocycles. The molecule has 1 aromatic rings. The minimum absolute atomic E-state index is 0.0823. The zero-order valence-corrected chi connectivity index (χ0v) is 15.0. The third kappa shape index (κ3) is 4.89. The molecule has 24 heavy (non-hydrogen) atoms. The fraction of sp³-hybridized carbons (Fsp3) is 0.556. The molecule has 6 heteroatoms. The molecule has 0 bridgehead atoms. The Balaban J connectivity index is 2.26. The van der Waals surface area contributed by atoms with Crippen LogP contribution in [0.2, 0.25) is 0 Å². The molecule has 1 aliphatic rings. The van der Waals surface area contributed by atoms with Crippen LogP contribution in [0.3, 0.4) is 0 Å². The van der Waals surface area contributed by atoms with Crippen molar-refractivity contribution in [2.45, 2.75) is 49.5 Å². The van der Waals surface area contributed by atoms with Gasteiger partial charge in [-0.3, -0.25) is 0 Å². The van der Waals surface area contributed by atoms with Crippen LogP contribution in [0.25, 0.3) is 0 Å². The summed E-state index contributed by atoms with van der Waals surface area (Å²) in [7, 11) is -3.70. The molecule has 2 rings (SSSR count). The van der Waals surface area contributed by atoms with Gasteiger partial charge in [0.2, 0.25) is 10.0 Å². The Morgan fingerprint density at radius 2 is 1.75 bits per heavy atom. The molecule has 0 amide bonds. The molecular formula is C18H27NO4S. The number of hydrogen-bond donors (Lipinski definition) is 2. The number of sulfonamides is 1. The zero-order valence-electron chi connectivity index (χ0n) is 14.2. The van der Waals surface area contributed by atoms with Crippen molar-refractivity contribution in [3.05, 3.63) is 42.0 Å². The van der Waals surface area contributed by atoms with E-state index in [9.17, 15) is 13.5 Å². The van der Waals surface area contributed by atoms with Crippen LogP contribution in [0.1, 0.15) is 37.7 Å². The smallest absolute Gasteiger partial charge is 0.243 e. The van der Waals surface area contributed by atoms with Crippen LogP contribution in [0, 0.1) is 6.92 Å². The second-order valence-electron chi connectivity index (χ2n) is 6.55. The summed E-state index contributed by atoms with van der Waals surface area (Å²) in [5.74, 6) is 0. The molecule has 2 N–H and O–H groups in total. The molecule has 0 aliphatic heterocycles. The third-order valence-corrected chi connectivity index (χ3v) is 6.32. The van der Waals surface area contributed by atoms with Crippen LogP contribution < -0.4 is 0 Å². The molecule has 134 valence electrons. The molecule has 1 aromatic carbocycles. The van der Waals surface area contributed by atoms with Crippen LogP contribution in [-0.4, -0.2) is 48.2 Å². The lowest BCUT2D eigenvalue weighted by Gasteiger charge is -2.36. The highest BCUT2D eigenvalue weighted by molar-refractivity contribution is 7.89. The van der Waals surface area contributed by atoms with Crippen molar-refractivity contribution in [2.75, 3.05) is 19.7 Å². The van der Waals surface area contributed by atoms with E-state index in [1.165, 1.54) is 10.4 Å². The summed E-state index contributed by atoms with van der Waals surface area (Å²) in [5, 5.41) is 19.7. The van der Waals surface area contributed by atoms with Gasteiger partial charge in [0.15, 0.2) is 0 Å². The van der Waals surface area contributed by atoms with Gasteiger partial charge in [-0.15, -0.1) is 0 Å². The Bertz CT molecular complexity index is 646. The van der Waals surface area contributed by atoms with Crippen molar-refractivity contribution < 1.29 is 18.6 Å². The van der Waals surface area contributed by atoms with Gasteiger partial charge in [-0.25, -0.2) is 8.42 Å². The number of hydrogen-bond acceptors (Lipinski definition) is 4.